The summed E-state index contributed by atoms with van der Waals surface area (Å²) in [4.78, 5) is 7.86. The monoisotopic (exact) mass is 325 g/mol. The van der Waals surface area contributed by atoms with Gasteiger partial charge in [-0.1, -0.05) is 41.5 Å². The Morgan fingerprint density at radius 2 is 2.15 bits per heavy atom. The standard InChI is InChI=1S/C14H13Cl2N3S/c15-9-2-1-8(11(16)6-9)5-13-18-12-3-4-17-7-10(12)14(20)19-13/h1-2,6,17H,3-5,7H2,(H,18,19,20). The van der Waals surface area contributed by atoms with Gasteiger partial charge in [0.2, 0.25) is 0 Å². The predicted molar refractivity (Wildman–Crippen MR) is 84.1 cm³/mol. The maximum Gasteiger partial charge on any atom is 0.134 e. The number of hydrogen-bond donors (Lipinski definition) is 2. The number of benzene rings is 1. The molecule has 0 radical (unpaired) electrons. The lowest BCUT2D eigenvalue weighted by Gasteiger charge is -2.17. The summed E-state index contributed by atoms with van der Waals surface area (Å²) >= 11 is 17.5. The van der Waals surface area contributed by atoms with Crippen molar-refractivity contribution in [3.05, 3.63) is 55.5 Å². The normalized spacial score (nSPS) is 14.1. The van der Waals surface area contributed by atoms with Crippen molar-refractivity contribution >= 4 is 35.4 Å². The van der Waals surface area contributed by atoms with E-state index >= 15 is 0 Å². The van der Waals surface area contributed by atoms with Crippen LogP contribution in [-0.2, 0) is 19.4 Å². The molecule has 0 spiro atoms. The van der Waals surface area contributed by atoms with Crippen LogP contribution in [-0.4, -0.2) is 16.5 Å². The molecule has 1 aromatic heterocycles. The van der Waals surface area contributed by atoms with E-state index in [2.05, 4.69) is 15.3 Å². The second-order valence-corrected chi connectivity index (χ2v) is 6.02. The molecule has 2 aromatic rings. The van der Waals surface area contributed by atoms with Gasteiger partial charge < -0.3 is 10.3 Å². The second-order valence-electron chi connectivity index (χ2n) is 4.79. The smallest absolute Gasteiger partial charge is 0.134 e. The van der Waals surface area contributed by atoms with E-state index in [0.717, 1.165) is 36.5 Å². The van der Waals surface area contributed by atoms with E-state index in [1.54, 1.807) is 6.07 Å². The highest BCUT2D eigenvalue weighted by atomic mass is 35.5. The number of hydrogen-bond acceptors (Lipinski definition) is 3. The number of H-pyrrole nitrogens is 1. The van der Waals surface area contributed by atoms with E-state index in [0.29, 0.717) is 21.1 Å². The van der Waals surface area contributed by atoms with Gasteiger partial charge in [-0.3, -0.25) is 0 Å². The first-order valence-corrected chi connectivity index (χ1v) is 7.55. The molecular weight excluding hydrogens is 313 g/mol. The third-order valence-corrected chi connectivity index (χ3v) is 4.31. The fourth-order valence-corrected chi connectivity index (χ4v) is 3.13. The Morgan fingerprint density at radius 3 is 2.95 bits per heavy atom. The number of rotatable bonds is 2. The van der Waals surface area contributed by atoms with Crippen LogP contribution in [0.4, 0.5) is 0 Å². The first-order valence-electron chi connectivity index (χ1n) is 6.39. The van der Waals surface area contributed by atoms with Crippen molar-refractivity contribution in [3.8, 4) is 0 Å². The molecule has 0 amide bonds. The molecule has 6 heteroatoms. The topological polar surface area (TPSA) is 40.7 Å². The van der Waals surface area contributed by atoms with Gasteiger partial charge in [0.05, 0.1) is 0 Å². The van der Waals surface area contributed by atoms with Crippen LogP contribution in [0.5, 0.6) is 0 Å². The predicted octanol–water partition coefficient (Wildman–Crippen LogP) is 3.68. The molecule has 3 rings (SSSR count). The molecule has 2 N–H and O–H groups in total. The van der Waals surface area contributed by atoms with Crippen LogP contribution in [0, 0.1) is 4.64 Å². The number of aromatic nitrogens is 2. The number of halogens is 2. The van der Waals surface area contributed by atoms with Crippen molar-refractivity contribution in [3.63, 3.8) is 0 Å². The molecule has 3 nitrogen and oxygen atoms in total. The molecule has 0 atom stereocenters. The zero-order valence-electron chi connectivity index (χ0n) is 10.7. The van der Waals surface area contributed by atoms with E-state index < -0.39 is 0 Å². The van der Waals surface area contributed by atoms with Crippen LogP contribution in [0.25, 0.3) is 0 Å². The molecule has 1 aliphatic rings. The van der Waals surface area contributed by atoms with Crippen molar-refractivity contribution in [1.29, 1.82) is 0 Å². The molecule has 1 aliphatic heterocycles. The van der Waals surface area contributed by atoms with Gasteiger partial charge in [0.25, 0.3) is 0 Å². The third kappa shape index (κ3) is 2.88. The van der Waals surface area contributed by atoms with Crippen molar-refractivity contribution in [2.45, 2.75) is 19.4 Å². The van der Waals surface area contributed by atoms with Gasteiger partial charge in [0.15, 0.2) is 0 Å². The van der Waals surface area contributed by atoms with Gasteiger partial charge >= 0.3 is 0 Å². The van der Waals surface area contributed by atoms with Crippen LogP contribution < -0.4 is 5.32 Å². The summed E-state index contributed by atoms with van der Waals surface area (Å²) in [5.74, 6) is 0.847. The second kappa shape index (κ2) is 5.82. The van der Waals surface area contributed by atoms with Gasteiger partial charge in [-0.05, 0) is 17.7 Å². The van der Waals surface area contributed by atoms with Gasteiger partial charge in [-0.2, -0.15) is 0 Å². The highest BCUT2D eigenvalue weighted by Gasteiger charge is 2.13. The molecule has 1 aromatic carbocycles. The van der Waals surface area contributed by atoms with E-state index in [-0.39, 0.29) is 0 Å². The summed E-state index contributed by atoms with van der Waals surface area (Å²) in [6.07, 6.45) is 1.57. The van der Waals surface area contributed by atoms with E-state index in [1.165, 1.54) is 5.69 Å². The molecular formula is C14H13Cl2N3S. The lowest BCUT2D eigenvalue weighted by Crippen LogP contribution is -2.26. The minimum atomic E-state index is 0.625. The zero-order valence-corrected chi connectivity index (χ0v) is 13.0. The Kier molecular flexibility index (Phi) is 4.08. The molecule has 0 saturated heterocycles. The first-order chi connectivity index (χ1) is 9.63. The average molecular weight is 326 g/mol. The summed E-state index contributed by atoms with van der Waals surface area (Å²) < 4.78 is 0.672. The fraction of sp³-hybridized carbons (Fsp3) is 0.286. The summed E-state index contributed by atoms with van der Waals surface area (Å²) in [5, 5.41) is 4.59. The molecule has 0 bridgehead atoms. The van der Waals surface area contributed by atoms with Gasteiger partial charge in [0.1, 0.15) is 10.5 Å². The van der Waals surface area contributed by atoms with E-state index in [4.69, 9.17) is 35.4 Å². The lowest BCUT2D eigenvalue weighted by molar-refractivity contribution is 0.619. The summed E-state index contributed by atoms with van der Waals surface area (Å²) in [6, 6.07) is 5.50. The van der Waals surface area contributed by atoms with Crippen molar-refractivity contribution < 1.29 is 0 Å². The average Bonchev–Trinajstić information content (AvgIpc) is 2.42. The van der Waals surface area contributed by atoms with Crippen molar-refractivity contribution in [1.82, 2.24) is 15.3 Å². The lowest BCUT2D eigenvalue weighted by atomic mass is 10.1. The molecule has 104 valence electrons. The maximum atomic E-state index is 6.20. The molecule has 0 aliphatic carbocycles. The van der Waals surface area contributed by atoms with Crippen molar-refractivity contribution in [2.75, 3.05) is 6.54 Å². The Morgan fingerprint density at radius 1 is 1.30 bits per heavy atom. The van der Waals surface area contributed by atoms with E-state index in [1.807, 2.05) is 12.1 Å². The minimum absolute atomic E-state index is 0.625. The SMILES string of the molecule is S=c1nc(Cc2ccc(Cl)cc2Cl)[nH]c2c1CNCC2. The number of fused-ring (bicyclic) bond motifs is 1. The maximum absolute atomic E-state index is 6.20. The Labute approximate surface area is 132 Å². The quantitative estimate of drug-likeness (QED) is 0.827. The van der Waals surface area contributed by atoms with Crippen LogP contribution in [0.1, 0.15) is 22.6 Å². The summed E-state index contributed by atoms with van der Waals surface area (Å²) in [5.41, 5.74) is 3.28. The summed E-state index contributed by atoms with van der Waals surface area (Å²) in [7, 11) is 0. The van der Waals surface area contributed by atoms with Crippen LogP contribution in [0.15, 0.2) is 18.2 Å². The van der Waals surface area contributed by atoms with Crippen LogP contribution in [0.2, 0.25) is 10.0 Å². The van der Waals surface area contributed by atoms with Gasteiger partial charge in [-0.15, -0.1) is 0 Å². The fourth-order valence-electron chi connectivity index (χ4n) is 2.35. The van der Waals surface area contributed by atoms with Crippen molar-refractivity contribution in [2.24, 2.45) is 0 Å². The Hall–Kier alpha value is -0.940. The number of nitrogens with zero attached hydrogens (tertiary/aromatic N) is 1. The molecule has 0 unspecified atom stereocenters. The molecule has 2 heterocycles. The van der Waals surface area contributed by atoms with Crippen LogP contribution in [0.3, 0.4) is 0 Å². The highest BCUT2D eigenvalue weighted by Crippen LogP contribution is 2.23. The Balaban J connectivity index is 1.95. The minimum Gasteiger partial charge on any atom is -0.346 e. The van der Waals surface area contributed by atoms with Gasteiger partial charge in [0, 0.05) is 47.2 Å². The number of aromatic amines is 1. The highest BCUT2D eigenvalue weighted by molar-refractivity contribution is 7.71. The largest absolute Gasteiger partial charge is 0.346 e. The first kappa shape index (κ1) is 14.0. The van der Waals surface area contributed by atoms with E-state index in [9.17, 15) is 0 Å². The Bertz CT molecular complexity index is 712. The molecule has 0 saturated carbocycles. The van der Waals surface area contributed by atoms with Gasteiger partial charge in [-0.25, -0.2) is 4.98 Å². The van der Waals surface area contributed by atoms with Crippen LogP contribution >= 0.6 is 35.4 Å². The summed E-state index contributed by atoms with van der Waals surface area (Å²) in [6.45, 7) is 1.75. The number of nitrogens with one attached hydrogen (secondary N) is 2. The molecule has 20 heavy (non-hydrogen) atoms. The third-order valence-electron chi connectivity index (χ3n) is 3.38. The molecule has 0 fully saturated rings. The zero-order chi connectivity index (χ0) is 14.1.